The molecule has 0 unspecified atom stereocenters. The van der Waals surface area contributed by atoms with Crippen LogP contribution in [0.3, 0.4) is 0 Å². The summed E-state index contributed by atoms with van der Waals surface area (Å²) >= 11 is 0. The van der Waals surface area contributed by atoms with Crippen LogP contribution in [0, 0.1) is 0 Å². The number of ketones is 1. The van der Waals surface area contributed by atoms with E-state index in [2.05, 4.69) is 6.58 Å². The number of rotatable bonds is 4. The third kappa shape index (κ3) is 2.54. The molecule has 0 amide bonds. The van der Waals surface area contributed by atoms with Gasteiger partial charge in [-0.3, -0.25) is 4.79 Å². The van der Waals surface area contributed by atoms with Gasteiger partial charge in [0.25, 0.3) is 0 Å². The Kier molecular flexibility index (Phi) is 3.43. The van der Waals surface area contributed by atoms with Crippen LogP contribution in [-0.2, 0) is 5.41 Å². The maximum Gasteiger partial charge on any atom is 0.188 e. The zero-order valence-corrected chi connectivity index (χ0v) is 9.16. The van der Waals surface area contributed by atoms with Gasteiger partial charge in [-0.05, 0) is 11.6 Å². The lowest BCUT2D eigenvalue weighted by molar-refractivity contribution is 0.0903. The van der Waals surface area contributed by atoms with Crippen LogP contribution in [0.1, 0.15) is 29.8 Å². The van der Waals surface area contributed by atoms with E-state index in [4.69, 9.17) is 5.11 Å². The van der Waals surface area contributed by atoms with Gasteiger partial charge in [-0.15, -0.1) is 6.58 Å². The van der Waals surface area contributed by atoms with Gasteiger partial charge in [0.1, 0.15) is 6.61 Å². The van der Waals surface area contributed by atoms with Gasteiger partial charge in [0.05, 0.1) is 0 Å². The summed E-state index contributed by atoms with van der Waals surface area (Å²) in [4.78, 5) is 11.3. The van der Waals surface area contributed by atoms with Crippen LogP contribution < -0.4 is 0 Å². The first-order valence-electron chi connectivity index (χ1n) is 4.89. The van der Waals surface area contributed by atoms with Gasteiger partial charge in [0, 0.05) is 11.0 Å². The van der Waals surface area contributed by atoms with E-state index < -0.39 is 6.61 Å². The largest absolute Gasteiger partial charge is 0.388 e. The number of carbonyl (C=O) groups excluding carboxylic acids is 1. The number of carbonyl (C=O) groups is 1. The first-order valence-corrected chi connectivity index (χ1v) is 4.89. The molecule has 0 aliphatic heterocycles. The number of benzene rings is 1. The minimum atomic E-state index is -0.446. The van der Waals surface area contributed by atoms with Crippen LogP contribution in [0.4, 0.5) is 0 Å². The van der Waals surface area contributed by atoms with Gasteiger partial charge in [0.2, 0.25) is 0 Å². The highest BCUT2D eigenvalue weighted by molar-refractivity contribution is 5.97. The molecule has 1 N–H and O–H groups in total. The van der Waals surface area contributed by atoms with Crippen molar-refractivity contribution in [2.45, 2.75) is 19.3 Å². The van der Waals surface area contributed by atoms with Crippen molar-refractivity contribution in [3.63, 3.8) is 0 Å². The second-order valence-electron chi connectivity index (χ2n) is 4.09. The molecule has 0 aliphatic rings. The number of hydrogen-bond acceptors (Lipinski definition) is 2. The van der Waals surface area contributed by atoms with Crippen LogP contribution >= 0.6 is 0 Å². The highest BCUT2D eigenvalue weighted by atomic mass is 16.3. The average Bonchev–Trinajstić information content (AvgIpc) is 2.28. The second-order valence-corrected chi connectivity index (χ2v) is 4.09. The van der Waals surface area contributed by atoms with Crippen molar-refractivity contribution in [1.82, 2.24) is 0 Å². The van der Waals surface area contributed by atoms with E-state index in [9.17, 15) is 4.79 Å². The summed E-state index contributed by atoms with van der Waals surface area (Å²) in [7, 11) is 0. The molecule has 0 heterocycles. The zero-order valence-electron chi connectivity index (χ0n) is 9.16. The van der Waals surface area contributed by atoms with Crippen LogP contribution in [0.15, 0.2) is 36.9 Å². The van der Waals surface area contributed by atoms with Crippen LogP contribution in [0.2, 0.25) is 0 Å². The fraction of sp³-hybridized carbons (Fsp3) is 0.308. The molecule has 0 radical (unpaired) electrons. The molecule has 1 aromatic rings. The summed E-state index contributed by atoms with van der Waals surface area (Å²) < 4.78 is 0. The molecule has 0 spiro atoms. The SMILES string of the molecule is C=CC(C)(C)c1cccc(C(=O)CO)c1. The summed E-state index contributed by atoms with van der Waals surface area (Å²) in [6.45, 7) is 7.38. The van der Waals surface area contributed by atoms with Crippen LogP contribution in [-0.4, -0.2) is 17.5 Å². The minimum Gasteiger partial charge on any atom is -0.388 e. The van der Waals surface area contributed by atoms with E-state index >= 15 is 0 Å². The van der Waals surface area contributed by atoms with Crippen molar-refractivity contribution < 1.29 is 9.90 Å². The smallest absolute Gasteiger partial charge is 0.188 e. The van der Waals surface area contributed by atoms with E-state index in [0.717, 1.165) is 5.56 Å². The summed E-state index contributed by atoms with van der Waals surface area (Å²) in [6.07, 6.45) is 1.84. The molecule has 0 aromatic heterocycles. The summed E-state index contributed by atoms with van der Waals surface area (Å²) in [5.41, 5.74) is 1.41. The molecule has 15 heavy (non-hydrogen) atoms. The lowest BCUT2D eigenvalue weighted by Crippen LogP contribution is -2.14. The standard InChI is InChI=1S/C13H16O2/c1-4-13(2,3)11-7-5-6-10(8-11)12(15)9-14/h4-8,14H,1,9H2,2-3H3. The van der Waals surface area contributed by atoms with Crippen molar-refractivity contribution in [2.24, 2.45) is 0 Å². The Labute approximate surface area is 90.3 Å². The summed E-state index contributed by atoms with van der Waals surface area (Å²) in [5.74, 6) is -0.253. The van der Waals surface area contributed by atoms with Gasteiger partial charge in [0.15, 0.2) is 5.78 Å². The maximum atomic E-state index is 11.3. The zero-order chi connectivity index (χ0) is 11.5. The molecule has 0 saturated heterocycles. The van der Waals surface area contributed by atoms with E-state index in [1.54, 1.807) is 12.1 Å². The fourth-order valence-corrected chi connectivity index (χ4v) is 1.30. The van der Waals surface area contributed by atoms with Crippen molar-refractivity contribution in [2.75, 3.05) is 6.61 Å². The molecule has 0 aliphatic carbocycles. The fourth-order valence-electron chi connectivity index (χ4n) is 1.30. The van der Waals surface area contributed by atoms with Gasteiger partial charge < -0.3 is 5.11 Å². The van der Waals surface area contributed by atoms with Crippen LogP contribution in [0.5, 0.6) is 0 Å². The highest BCUT2D eigenvalue weighted by Gasteiger charge is 2.17. The quantitative estimate of drug-likeness (QED) is 0.603. The van der Waals surface area contributed by atoms with E-state index in [1.807, 2.05) is 32.1 Å². The third-order valence-electron chi connectivity index (χ3n) is 2.58. The van der Waals surface area contributed by atoms with Crippen molar-refractivity contribution >= 4 is 5.78 Å². The molecule has 1 rings (SSSR count). The second kappa shape index (κ2) is 4.41. The first-order chi connectivity index (χ1) is 7.01. The topological polar surface area (TPSA) is 37.3 Å². The Morgan fingerprint density at radius 1 is 1.53 bits per heavy atom. The van der Waals surface area contributed by atoms with Gasteiger partial charge >= 0.3 is 0 Å². The number of aliphatic hydroxyl groups excluding tert-OH is 1. The molecule has 80 valence electrons. The van der Waals surface area contributed by atoms with Crippen LogP contribution in [0.25, 0.3) is 0 Å². The molecule has 2 heteroatoms. The monoisotopic (exact) mass is 204 g/mol. The van der Waals surface area contributed by atoms with Gasteiger partial charge in [-0.2, -0.15) is 0 Å². The predicted molar refractivity (Wildman–Crippen MR) is 61.1 cm³/mol. The molecule has 0 fully saturated rings. The summed E-state index contributed by atoms with van der Waals surface area (Å²) in [5, 5.41) is 8.77. The Bertz CT molecular complexity index is 378. The summed E-state index contributed by atoms with van der Waals surface area (Å²) in [6, 6.07) is 7.29. The Hall–Kier alpha value is -1.41. The van der Waals surface area contributed by atoms with Crippen molar-refractivity contribution in [1.29, 1.82) is 0 Å². The average molecular weight is 204 g/mol. The van der Waals surface area contributed by atoms with Gasteiger partial charge in [-0.25, -0.2) is 0 Å². The molecular formula is C13H16O2. The van der Waals surface area contributed by atoms with E-state index in [0.29, 0.717) is 5.56 Å². The maximum absolute atomic E-state index is 11.3. The highest BCUT2D eigenvalue weighted by Crippen LogP contribution is 2.24. The number of aliphatic hydroxyl groups is 1. The molecule has 2 nitrogen and oxygen atoms in total. The first kappa shape index (κ1) is 11.7. The molecular weight excluding hydrogens is 188 g/mol. The van der Waals surface area contributed by atoms with Gasteiger partial charge in [-0.1, -0.05) is 38.1 Å². The van der Waals surface area contributed by atoms with E-state index in [-0.39, 0.29) is 11.2 Å². The number of allylic oxidation sites excluding steroid dienone is 1. The predicted octanol–water partition coefficient (Wildman–Crippen LogP) is 2.33. The Balaban J connectivity index is 3.13. The molecule has 1 aromatic carbocycles. The molecule has 0 saturated carbocycles. The number of Topliss-reactive ketones (excluding diaryl/α,β-unsaturated/α-hetero) is 1. The lowest BCUT2D eigenvalue weighted by atomic mass is 9.84. The van der Waals surface area contributed by atoms with Crippen molar-refractivity contribution in [3.8, 4) is 0 Å². The lowest BCUT2D eigenvalue weighted by Gasteiger charge is -2.20. The molecule has 0 atom stereocenters. The normalized spacial score (nSPS) is 11.1. The third-order valence-corrected chi connectivity index (χ3v) is 2.58. The molecule has 0 bridgehead atoms. The Morgan fingerprint density at radius 2 is 2.20 bits per heavy atom. The number of hydrogen-bond donors (Lipinski definition) is 1. The van der Waals surface area contributed by atoms with Crippen molar-refractivity contribution in [3.05, 3.63) is 48.0 Å². The van der Waals surface area contributed by atoms with E-state index in [1.165, 1.54) is 0 Å². The Morgan fingerprint density at radius 3 is 2.73 bits per heavy atom. The minimum absolute atomic E-state index is 0.161.